The monoisotopic (exact) mass is 418 g/mol. The van der Waals surface area contributed by atoms with Gasteiger partial charge < -0.3 is 9.73 Å². The van der Waals surface area contributed by atoms with Gasteiger partial charge in [-0.05, 0) is 49.7 Å². The number of nitrogens with zero attached hydrogens (tertiary/aromatic N) is 3. The Hall–Kier alpha value is -3.29. The third-order valence-electron chi connectivity index (χ3n) is 4.66. The van der Waals surface area contributed by atoms with E-state index >= 15 is 0 Å². The number of carbonyl (C=O) groups excluding carboxylic acids is 1. The number of aryl methyl sites for hydroxylation is 1. The minimum atomic E-state index is -0.151. The molecule has 0 saturated heterocycles. The summed E-state index contributed by atoms with van der Waals surface area (Å²) in [5.41, 5.74) is 3.92. The highest BCUT2D eigenvalue weighted by molar-refractivity contribution is 7.08. The van der Waals surface area contributed by atoms with Crippen molar-refractivity contribution in [2.75, 3.05) is 12.4 Å². The van der Waals surface area contributed by atoms with Crippen LogP contribution in [0.5, 0.6) is 0 Å². The summed E-state index contributed by atoms with van der Waals surface area (Å²) in [6.45, 7) is 3.26. The number of anilines is 1. The highest BCUT2D eigenvalue weighted by Crippen LogP contribution is 2.29. The van der Waals surface area contributed by atoms with Gasteiger partial charge in [-0.2, -0.15) is 11.3 Å². The Bertz CT molecular complexity index is 1120. The lowest BCUT2D eigenvalue weighted by Crippen LogP contribution is -2.18. The second-order valence-electron chi connectivity index (χ2n) is 7.03. The molecule has 7 heteroatoms. The summed E-state index contributed by atoms with van der Waals surface area (Å²) in [5.74, 6) is 1.11. The van der Waals surface area contributed by atoms with Gasteiger partial charge in [-0.1, -0.05) is 18.2 Å². The van der Waals surface area contributed by atoms with Crippen molar-refractivity contribution >= 4 is 22.9 Å². The minimum absolute atomic E-state index is 0.151. The van der Waals surface area contributed by atoms with Crippen molar-refractivity contribution in [1.29, 1.82) is 0 Å². The molecule has 1 N–H and O–H groups in total. The van der Waals surface area contributed by atoms with Crippen molar-refractivity contribution in [2.24, 2.45) is 0 Å². The van der Waals surface area contributed by atoms with Gasteiger partial charge in [0.25, 0.3) is 5.91 Å². The van der Waals surface area contributed by atoms with Crippen LogP contribution in [0.1, 0.15) is 27.5 Å². The number of para-hydroxylation sites is 1. The summed E-state index contributed by atoms with van der Waals surface area (Å²) in [6.07, 6.45) is 1.80. The van der Waals surface area contributed by atoms with Crippen molar-refractivity contribution < 1.29 is 9.21 Å². The number of amides is 1. The van der Waals surface area contributed by atoms with Gasteiger partial charge in [0.2, 0.25) is 5.89 Å². The number of hydrogen-bond acceptors (Lipinski definition) is 6. The van der Waals surface area contributed by atoms with Crippen molar-refractivity contribution in [3.05, 3.63) is 88.2 Å². The predicted octanol–water partition coefficient (Wildman–Crippen LogP) is 4.99. The lowest BCUT2D eigenvalue weighted by atomic mass is 10.1. The van der Waals surface area contributed by atoms with Crippen LogP contribution in [0, 0.1) is 6.92 Å². The number of rotatable bonds is 7. The molecule has 3 aromatic heterocycles. The maximum Gasteiger partial charge on any atom is 0.256 e. The maximum absolute atomic E-state index is 12.5. The van der Waals surface area contributed by atoms with Crippen molar-refractivity contribution in [1.82, 2.24) is 14.9 Å². The summed E-state index contributed by atoms with van der Waals surface area (Å²) in [5, 5.41) is 6.67. The maximum atomic E-state index is 12.5. The van der Waals surface area contributed by atoms with Gasteiger partial charge in [0, 0.05) is 24.7 Å². The number of thiophene rings is 1. The molecule has 152 valence electrons. The highest BCUT2D eigenvalue weighted by atomic mass is 32.1. The first-order valence-electron chi connectivity index (χ1n) is 9.58. The molecule has 0 saturated carbocycles. The van der Waals surface area contributed by atoms with E-state index in [9.17, 15) is 4.79 Å². The standard InChI is InChI=1S/C23H22N4O2S/c1-16-21(14-27(2)13-18-7-5-6-11-24-18)26-23(29-16)19-8-3-4-9-20(19)25-22(28)17-10-12-30-15-17/h3-12,15H,13-14H2,1-2H3,(H,25,28). The first kappa shape index (κ1) is 20.0. The first-order chi connectivity index (χ1) is 14.6. The van der Waals surface area contributed by atoms with Gasteiger partial charge in [0.05, 0.1) is 28.2 Å². The lowest BCUT2D eigenvalue weighted by Gasteiger charge is -2.14. The van der Waals surface area contributed by atoms with Crippen LogP contribution in [0.3, 0.4) is 0 Å². The third kappa shape index (κ3) is 4.64. The van der Waals surface area contributed by atoms with Gasteiger partial charge >= 0.3 is 0 Å². The Morgan fingerprint density at radius 1 is 1.13 bits per heavy atom. The minimum Gasteiger partial charge on any atom is -0.441 e. The van der Waals surface area contributed by atoms with E-state index in [1.165, 1.54) is 11.3 Å². The zero-order chi connectivity index (χ0) is 20.9. The van der Waals surface area contributed by atoms with E-state index in [-0.39, 0.29) is 5.91 Å². The van der Waals surface area contributed by atoms with E-state index in [2.05, 4.69) is 15.2 Å². The van der Waals surface area contributed by atoms with E-state index in [1.54, 1.807) is 12.3 Å². The number of hydrogen-bond donors (Lipinski definition) is 1. The Morgan fingerprint density at radius 2 is 1.97 bits per heavy atom. The Kier molecular flexibility index (Phi) is 6.02. The van der Waals surface area contributed by atoms with E-state index < -0.39 is 0 Å². The Morgan fingerprint density at radius 3 is 2.73 bits per heavy atom. The fourth-order valence-corrected chi connectivity index (χ4v) is 3.77. The molecule has 6 nitrogen and oxygen atoms in total. The number of aromatic nitrogens is 2. The number of pyridine rings is 1. The molecular weight excluding hydrogens is 396 g/mol. The Labute approximate surface area is 179 Å². The van der Waals surface area contributed by atoms with E-state index in [0.717, 1.165) is 29.3 Å². The highest BCUT2D eigenvalue weighted by Gasteiger charge is 2.17. The topological polar surface area (TPSA) is 71.3 Å². The quantitative estimate of drug-likeness (QED) is 0.458. The van der Waals surface area contributed by atoms with Crippen LogP contribution in [-0.2, 0) is 13.1 Å². The number of carbonyl (C=O) groups is 1. The molecule has 0 aliphatic carbocycles. The van der Waals surface area contributed by atoms with Crippen LogP contribution in [0.2, 0.25) is 0 Å². The van der Waals surface area contributed by atoms with Crippen LogP contribution in [0.15, 0.2) is 69.9 Å². The van der Waals surface area contributed by atoms with Crippen LogP contribution in [0.4, 0.5) is 5.69 Å². The SMILES string of the molecule is Cc1oc(-c2ccccc2NC(=O)c2ccsc2)nc1CN(C)Cc1ccccn1. The first-order valence-corrected chi connectivity index (χ1v) is 10.5. The molecule has 0 atom stereocenters. The fraction of sp³-hybridized carbons (Fsp3) is 0.174. The fourth-order valence-electron chi connectivity index (χ4n) is 3.14. The molecule has 0 unspecified atom stereocenters. The second kappa shape index (κ2) is 9.02. The lowest BCUT2D eigenvalue weighted by molar-refractivity contribution is 0.102. The van der Waals surface area contributed by atoms with Crippen molar-refractivity contribution in [3.63, 3.8) is 0 Å². The van der Waals surface area contributed by atoms with E-state index in [1.807, 2.05) is 67.2 Å². The zero-order valence-electron chi connectivity index (χ0n) is 16.8. The average Bonchev–Trinajstić information content (AvgIpc) is 3.40. The van der Waals surface area contributed by atoms with Crippen LogP contribution in [-0.4, -0.2) is 27.8 Å². The van der Waals surface area contributed by atoms with E-state index in [0.29, 0.717) is 23.7 Å². The largest absolute Gasteiger partial charge is 0.441 e. The molecular formula is C23H22N4O2S. The molecule has 4 aromatic rings. The smallest absolute Gasteiger partial charge is 0.256 e. The average molecular weight is 419 g/mol. The number of nitrogens with one attached hydrogen (secondary N) is 1. The van der Waals surface area contributed by atoms with Crippen LogP contribution < -0.4 is 5.32 Å². The van der Waals surface area contributed by atoms with Crippen LogP contribution in [0.25, 0.3) is 11.5 Å². The molecule has 4 rings (SSSR count). The summed E-state index contributed by atoms with van der Waals surface area (Å²) < 4.78 is 5.96. The van der Waals surface area contributed by atoms with Crippen LogP contribution >= 0.6 is 11.3 Å². The molecule has 3 heterocycles. The second-order valence-corrected chi connectivity index (χ2v) is 7.81. The zero-order valence-corrected chi connectivity index (χ0v) is 17.6. The molecule has 0 fully saturated rings. The normalized spacial score (nSPS) is 11.0. The van der Waals surface area contributed by atoms with Crippen molar-refractivity contribution in [2.45, 2.75) is 20.0 Å². The summed E-state index contributed by atoms with van der Waals surface area (Å²) in [4.78, 5) is 23.7. The summed E-state index contributed by atoms with van der Waals surface area (Å²) in [6, 6.07) is 15.2. The third-order valence-corrected chi connectivity index (χ3v) is 5.34. The molecule has 0 radical (unpaired) electrons. The molecule has 0 aliphatic rings. The summed E-state index contributed by atoms with van der Waals surface area (Å²) >= 11 is 1.49. The Balaban J connectivity index is 1.52. The molecule has 0 aliphatic heterocycles. The molecule has 1 aromatic carbocycles. The van der Waals surface area contributed by atoms with E-state index in [4.69, 9.17) is 9.40 Å². The van der Waals surface area contributed by atoms with Gasteiger partial charge in [-0.3, -0.25) is 14.7 Å². The predicted molar refractivity (Wildman–Crippen MR) is 118 cm³/mol. The van der Waals surface area contributed by atoms with Gasteiger partial charge in [0.1, 0.15) is 5.76 Å². The van der Waals surface area contributed by atoms with Gasteiger partial charge in [-0.15, -0.1) is 0 Å². The van der Waals surface area contributed by atoms with Gasteiger partial charge in [0.15, 0.2) is 0 Å². The summed E-state index contributed by atoms with van der Waals surface area (Å²) in [7, 11) is 2.03. The number of oxazole rings is 1. The molecule has 1 amide bonds. The molecule has 30 heavy (non-hydrogen) atoms. The molecule has 0 bridgehead atoms. The number of benzene rings is 1. The molecule has 0 spiro atoms. The van der Waals surface area contributed by atoms with Crippen molar-refractivity contribution in [3.8, 4) is 11.5 Å². The van der Waals surface area contributed by atoms with Gasteiger partial charge in [-0.25, -0.2) is 4.98 Å².